The van der Waals surface area contributed by atoms with Crippen molar-refractivity contribution in [3.8, 4) is 0 Å². The van der Waals surface area contributed by atoms with Crippen LogP contribution in [0.3, 0.4) is 0 Å². The number of primary amides is 2. The van der Waals surface area contributed by atoms with Crippen LogP contribution in [0.25, 0.3) is 0 Å². The summed E-state index contributed by atoms with van der Waals surface area (Å²) >= 11 is 0. The third-order valence-corrected chi connectivity index (χ3v) is 10.3. The summed E-state index contributed by atoms with van der Waals surface area (Å²) in [5.74, 6) is -9.52. The predicted octanol–water partition coefficient (Wildman–Crippen LogP) is -4.14. The van der Waals surface area contributed by atoms with Crippen molar-refractivity contribution >= 4 is 65.0 Å². The van der Waals surface area contributed by atoms with Crippen molar-refractivity contribution in [2.45, 2.75) is 149 Å². The lowest BCUT2D eigenvalue weighted by Gasteiger charge is -2.30. The molecule has 9 atom stereocenters. The molecule has 0 radical (unpaired) electrons. The van der Waals surface area contributed by atoms with Gasteiger partial charge in [-0.05, 0) is 50.4 Å². The maximum absolute atomic E-state index is 13.8. The van der Waals surface area contributed by atoms with Crippen LogP contribution in [0.5, 0.6) is 0 Å². The quantitative estimate of drug-likeness (QED) is 0.0179. The highest BCUT2D eigenvalue weighted by Gasteiger charge is 2.36. The van der Waals surface area contributed by atoms with Crippen LogP contribution >= 0.6 is 0 Å². The van der Waals surface area contributed by atoms with Crippen LogP contribution < -0.4 is 65.5 Å². The summed E-state index contributed by atoms with van der Waals surface area (Å²) in [4.78, 5) is 134. The third-order valence-electron chi connectivity index (χ3n) is 10.3. The number of hydrogen-bond acceptors (Lipinski definition) is 12. The van der Waals surface area contributed by atoms with Gasteiger partial charge in [0.1, 0.15) is 42.3 Å². The number of carbonyl (C=O) groups is 10. The van der Waals surface area contributed by atoms with Crippen molar-refractivity contribution in [1.82, 2.24) is 42.5 Å². The van der Waals surface area contributed by atoms with E-state index in [1.165, 1.54) is 6.92 Å². The monoisotopic (exact) mass is 912 g/mol. The number of nitrogens with one attached hydrogen (secondary N) is 8. The Kier molecular flexibility index (Phi) is 27.2. The van der Waals surface area contributed by atoms with Crippen LogP contribution in [-0.4, -0.2) is 132 Å². The lowest BCUT2D eigenvalue weighted by Crippen LogP contribution is -2.62. The molecule has 0 unspecified atom stereocenters. The fourth-order valence-corrected chi connectivity index (χ4v) is 6.10. The van der Waals surface area contributed by atoms with Crippen molar-refractivity contribution in [2.24, 2.45) is 45.7 Å². The van der Waals surface area contributed by atoms with Gasteiger partial charge in [0.2, 0.25) is 59.1 Å². The normalized spacial score (nSPS) is 15.2. The summed E-state index contributed by atoms with van der Waals surface area (Å²) < 4.78 is 0. The minimum atomic E-state index is -1.70. The SMILES string of the molecule is CCNC(=O)[C@H](CCCN=C(N)N)NC(=O)[C@@H](NC(=O)[C@H](CCC(N)=O)NC(=O)[C@H](CO)NC(=O)[C@H](NC(=O)[C@@H](NC(=O)[C@@H](CCC(N)=O)NC(C)=O)C(C)C)[C@H](C)CC)[C@@H](C)CC. The predicted molar refractivity (Wildman–Crippen MR) is 235 cm³/mol. The topological polar surface area (TPSA) is 404 Å². The Balaban J connectivity index is 6.37. The number of guanidine groups is 1. The first-order valence-electron chi connectivity index (χ1n) is 21.5. The van der Waals surface area contributed by atoms with Crippen molar-refractivity contribution in [3.05, 3.63) is 0 Å². The van der Waals surface area contributed by atoms with Gasteiger partial charge in [-0.2, -0.15) is 0 Å². The molecule has 10 amide bonds. The van der Waals surface area contributed by atoms with E-state index in [1.807, 2.05) is 0 Å². The molecule has 0 saturated heterocycles. The van der Waals surface area contributed by atoms with Crippen LogP contribution in [-0.2, 0) is 47.9 Å². The largest absolute Gasteiger partial charge is 0.394 e. The number of rotatable bonds is 31. The highest BCUT2D eigenvalue weighted by molar-refractivity contribution is 5.98. The van der Waals surface area contributed by atoms with E-state index in [0.29, 0.717) is 19.3 Å². The average Bonchev–Trinajstić information content (AvgIpc) is 3.22. The lowest BCUT2D eigenvalue weighted by atomic mass is 9.96. The molecule has 0 aliphatic carbocycles. The summed E-state index contributed by atoms with van der Waals surface area (Å²) in [6, 6.07) is -9.24. The molecule has 0 rings (SSSR count). The minimum Gasteiger partial charge on any atom is -0.394 e. The van der Waals surface area contributed by atoms with Gasteiger partial charge in [0, 0.05) is 32.9 Å². The van der Waals surface area contributed by atoms with E-state index >= 15 is 0 Å². The number of nitrogens with two attached hydrogens (primary N) is 4. The Bertz CT molecular complexity index is 1640. The number of nitrogens with zero attached hydrogens (tertiary/aromatic N) is 1. The number of aliphatic hydroxyl groups is 1. The van der Waals surface area contributed by atoms with E-state index in [1.54, 1.807) is 48.5 Å². The number of hydrogen-bond donors (Lipinski definition) is 13. The van der Waals surface area contributed by atoms with Crippen molar-refractivity contribution < 1.29 is 53.1 Å². The van der Waals surface area contributed by atoms with Gasteiger partial charge >= 0.3 is 0 Å². The zero-order valence-electron chi connectivity index (χ0n) is 38.3. The summed E-state index contributed by atoms with van der Waals surface area (Å²) in [6.45, 7) is 12.4. The highest BCUT2D eigenvalue weighted by Crippen LogP contribution is 2.13. The molecular formula is C40H73N13O11. The number of carbonyl (C=O) groups excluding carboxylic acids is 10. The zero-order chi connectivity index (χ0) is 49.3. The average molecular weight is 912 g/mol. The number of likely N-dealkylation sites (N-methyl/N-ethyl adjacent to an activating group) is 1. The fraction of sp³-hybridized carbons (Fsp3) is 0.725. The Labute approximate surface area is 374 Å². The molecule has 24 heteroatoms. The van der Waals surface area contributed by atoms with Gasteiger partial charge in [-0.25, -0.2) is 0 Å². The standard InChI is InChI=1S/C40H73N13O11/c1-9-21(6)31(38(63)49-24(33(58)45-11-3)13-12-18-46-40(43)44)52-35(60)26(15-17-29(42)57)48-36(61)27(19-54)50-39(64)32(22(7)10-2)53-37(62)30(20(4)5)51-34(59)25(47-23(8)55)14-16-28(41)56/h20-22,24-27,30-32,54H,9-19H2,1-8H3,(H2,41,56)(H2,42,57)(H,45,58)(H,47,55)(H,48,61)(H,49,63)(H,50,64)(H,51,59)(H,52,60)(H,53,62)(H4,43,44,46)/t21-,22+,24-,25+,26-,27-,30-,31-,32+/m0/s1. The molecule has 0 aliphatic rings. The van der Waals surface area contributed by atoms with Crippen LogP contribution in [0.4, 0.5) is 0 Å². The van der Waals surface area contributed by atoms with E-state index in [-0.39, 0.29) is 44.7 Å². The second-order valence-electron chi connectivity index (χ2n) is 15.9. The van der Waals surface area contributed by atoms with Gasteiger partial charge in [-0.15, -0.1) is 0 Å². The molecule has 17 N–H and O–H groups in total. The molecule has 0 saturated carbocycles. The molecule has 0 bridgehead atoms. The van der Waals surface area contributed by atoms with Gasteiger partial charge in [0.05, 0.1) is 6.61 Å². The molecule has 0 aliphatic heterocycles. The Hall–Kier alpha value is -6.07. The molecule has 0 aromatic carbocycles. The lowest BCUT2D eigenvalue weighted by molar-refractivity contribution is -0.137. The van der Waals surface area contributed by atoms with Gasteiger partial charge in [0.25, 0.3) is 0 Å². The smallest absolute Gasteiger partial charge is 0.245 e. The molecule has 0 fully saturated rings. The van der Waals surface area contributed by atoms with Gasteiger partial charge < -0.3 is 70.6 Å². The number of aliphatic hydroxyl groups excluding tert-OH is 1. The van der Waals surface area contributed by atoms with Gasteiger partial charge in [0.15, 0.2) is 5.96 Å². The molecule has 0 spiro atoms. The van der Waals surface area contributed by atoms with Crippen molar-refractivity contribution in [1.29, 1.82) is 0 Å². The van der Waals surface area contributed by atoms with Crippen LogP contribution in [0.2, 0.25) is 0 Å². The first-order valence-corrected chi connectivity index (χ1v) is 21.5. The van der Waals surface area contributed by atoms with Crippen LogP contribution in [0.1, 0.15) is 107 Å². The molecule has 364 valence electrons. The number of amides is 10. The second-order valence-corrected chi connectivity index (χ2v) is 15.9. The molecular weight excluding hydrogens is 839 g/mol. The maximum Gasteiger partial charge on any atom is 0.245 e. The minimum absolute atomic E-state index is 0.140. The van der Waals surface area contributed by atoms with Gasteiger partial charge in [-0.1, -0.05) is 54.4 Å². The Morgan fingerprint density at radius 3 is 1.31 bits per heavy atom. The summed E-state index contributed by atoms with van der Waals surface area (Å²) in [5.41, 5.74) is 21.3. The van der Waals surface area contributed by atoms with Crippen LogP contribution in [0.15, 0.2) is 4.99 Å². The van der Waals surface area contributed by atoms with E-state index in [4.69, 9.17) is 22.9 Å². The van der Waals surface area contributed by atoms with E-state index in [2.05, 4.69) is 47.5 Å². The molecule has 24 nitrogen and oxygen atoms in total. The molecule has 64 heavy (non-hydrogen) atoms. The third kappa shape index (κ3) is 21.8. The zero-order valence-corrected chi connectivity index (χ0v) is 38.3. The van der Waals surface area contributed by atoms with E-state index in [9.17, 15) is 53.1 Å². The molecule has 0 aromatic rings. The highest BCUT2D eigenvalue weighted by atomic mass is 16.3. The molecule has 0 heterocycles. The Morgan fingerprint density at radius 1 is 0.516 bits per heavy atom. The van der Waals surface area contributed by atoms with E-state index < -0.39 is 132 Å². The fourth-order valence-electron chi connectivity index (χ4n) is 6.10. The first-order chi connectivity index (χ1) is 29.9. The summed E-state index contributed by atoms with van der Waals surface area (Å²) in [6.07, 6.45) is 0.0914. The maximum atomic E-state index is 13.8. The summed E-state index contributed by atoms with van der Waals surface area (Å²) in [5, 5.41) is 30.6. The van der Waals surface area contributed by atoms with Crippen LogP contribution in [0, 0.1) is 17.8 Å². The second kappa shape index (κ2) is 30.1. The van der Waals surface area contributed by atoms with E-state index in [0.717, 1.165) is 0 Å². The van der Waals surface area contributed by atoms with Crippen molar-refractivity contribution in [3.63, 3.8) is 0 Å². The number of aliphatic imine (C=N–C) groups is 1. The molecule has 0 aromatic heterocycles. The first kappa shape index (κ1) is 57.9. The Morgan fingerprint density at radius 2 is 0.906 bits per heavy atom. The summed E-state index contributed by atoms with van der Waals surface area (Å²) in [7, 11) is 0. The van der Waals surface area contributed by atoms with Crippen molar-refractivity contribution in [2.75, 3.05) is 19.7 Å². The van der Waals surface area contributed by atoms with Gasteiger partial charge in [-0.3, -0.25) is 52.9 Å².